The van der Waals surface area contributed by atoms with E-state index in [1.165, 1.54) is 11.8 Å². The van der Waals surface area contributed by atoms with Crippen LogP contribution in [0, 0.1) is 0 Å². The lowest BCUT2D eigenvalue weighted by Gasteiger charge is -2.08. The highest BCUT2D eigenvalue weighted by atomic mass is 32.2. The van der Waals surface area contributed by atoms with Gasteiger partial charge in [0.15, 0.2) is 0 Å². The van der Waals surface area contributed by atoms with Crippen LogP contribution in [-0.4, -0.2) is 22.4 Å². The van der Waals surface area contributed by atoms with Gasteiger partial charge in [0, 0.05) is 17.3 Å². The van der Waals surface area contributed by atoms with Crippen LogP contribution >= 0.6 is 11.8 Å². The molecule has 0 aliphatic rings. The molecule has 0 unspecified atom stereocenters. The number of nitrogens with zero attached hydrogens (tertiary/aromatic N) is 2. The molecule has 1 atom stereocenters. The van der Waals surface area contributed by atoms with Crippen molar-refractivity contribution in [3.8, 4) is 0 Å². The van der Waals surface area contributed by atoms with Crippen LogP contribution in [0.15, 0.2) is 64.9 Å². The summed E-state index contributed by atoms with van der Waals surface area (Å²) in [4.78, 5) is 16.9. The van der Waals surface area contributed by atoms with E-state index in [1.807, 2.05) is 49.4 Å². The summed E-state index contributed by atoms with van der Waals surface area (Å²) in [5, 5.41) is 3.74. The van der Waals surface area contributed by atoms with Crippen LogP contribution in [0.1, 0.15) is 12.5 Å². The number of rotatable bonds is 5. The third-order valence-electron chi connectivity index (χ3n) is 2.52. The van der Waals surface area contributed by atoms with E-state index in [9.17, 15) is 4.79 Å². The van der Waals surface area contributed by atoms with Gasteiger partial charge in [0.05, 0.1) is 11.5 Å². The zero-order chi connectivity index (χ0) is 14.2. The van der Waals surface area contributed by atoms with Crippen molar-refractivity contribution in [1.29, 1.82) is 0 Å². The molecule has 5 heteroatoms. The number of benzene rings is 1. The third kappa shape index (κ3) is 4.51. The second kappa shape index (κ2) is 7.45. The molecule has 0 saturated carbocycles. The fraction of sp³-hybridized carbons (Fsp3) is 0.133. The summed E-state index contributed by atoms with van der Waals surface area (Å²) in [6.45, 7) is 1.86. The van der Waals surface area contributed by atoms with Gasteiger partial charge < -0.3 is 0 Å². The molecule has 1 amide bonds. The summed E-state index contributed by atoms with van der Waals surface area (Å²) < 4.78 is 0. The van der Waals surface area contributed by atoms with Gasteiger partial charge in [-0.3, -0.25) is 9.78 Å². The summed E-state index contributed by atoms with van der Waals surface area (Å²) in [7, 11) is 0. The second-order valence-corrected chi connectivity index (χ2v) is 5.50. The predicted molar refractivity (Wildman–Crippen MR) is 81.7 cm³/mol. The Morgan fingerprint density at radius 2 is 1.95 bits per heavy atom. The second-order valence-electron chi connectivity index (χ2n) is 4.09. The number of carbonyl (C=O) groups excluding carboxylic acids is 1. The molecule has 0 radical (unpaired) electrons. The minimum absolute atomic E-state index is 0.121. The Morgan fingerprint density at radius 1 is 1.25 bits per heavy atom. The molecular weight excluding hydrogens is 270 g/mol. The van der Waals surface area contributed by atoms with Gasteiger partial charge >= 0.3 is 0 Å². The van der Waals surface area contributed by atoms with Crippen molar-refractivity contribution < 1.29 is 4.79 Å². The van der Waals surface area contributed by atoms with Crippen molar-refractivity contribution >= 4 is 23.9 Å². The first-order chi connectivity index (χ1) is 9.75. The number of amides is 1. The molecule has 20 heavy (non-hydrogen) atoms. The van der Waals surface area contributed by atoms with E-state index < -0.39 is 0 Å². The summed E-state index contributed by atoms with van der Waals surface area (Å²) in [5.74, 6) is -0.121. The molecule has 1 heterocycles. The average Bonchev–Trinajstić information content (AvgIpc) is 2.49. The molecular formula is C15H15N3OS. The summed E-state index contributed by atoms with van der Waals surface area (Å²) in [6, 6.07) is 13.5. The molecule has 0 aliphatic heterocycles. The Morgan fingerprint density at radius 3 is 2.65 bits per heavy atom. The van der Waals surface area contributed by atoms with Crippen LogP contribution in [-0.2, 0) is 4.79 Å². The number of hydrogen-bond donors (Lipinski definition) is 1. The van der Waals surface area contributed by atoms with E-state index >= 15 is 0 Å². The number of nitrogens with one attached hydrogen (secondary N) is 1. The number of pyridine rings is 1. The first-order valence-corrected chi connectivity index (χ1v) is 7.08. The van der Waals surface area contributed by atoms with Crippen LogP contribution in [0.3, 0.4) is 0 Å². The van der Waals surface area contributed by atoms with Crippen molar-refractivity contribution in [2.45, 2.75) is 17.1 Å². The minimum Gasteiger partial charge on any atom is -0.272 e. The van der Waals surface area contributed by atoms with E-state index in [0.717, 1.165) is 10.5 Å². The zero-order valence-electron chi connectivity index (χ0n) is 11.1. The standard InChI is InChI=1S/C15H15N3OS/c1-12(20-14-5-3-2-4-6-14)15(19)18-17-11-13-7-9-16-10-8-13/h2-12H,1H3,(H,18,19)/b17-11-/t12-/m0/s1. The fourth-order valence-corrected chi connectivity index (χ4v) is 2.35. The van der Waals surface area contributed by atoms with Gasteiger partial charge in [0.2, 0.25) is 0 Å². The Kier molecular flexibility index (Phi) is 5.32. The maximum absolute atomic E-state index is 11.9. The van der Waals surface area contributed by atoms with Gasteiger partial charge in [-0.15, -0.1) is 11.8 Å². The first-order valence-electron chi connectivity index (χ1n) is 6.20. The van der Waals surface area contributed by atoms with Crippen molar-refractivity contribution in [1.82, 2.24) is 10.4 Å². The van der Waals surface area contributed by atoms with Gasteiger partial charge in [0.25, 0.3) is 5.91 Å². The summed E-state index contributed by atoms with van der Waals surface area (Å²) in [5.41, 5.74) is 3.43. The van der Waals surface area contributed by atoms with Crippen LogP contribution in [0.2, 0.25) is 0 Å². The van der Waals surface area contributed by atoms with Crippen LogP contribution in [0.4, 0.5) is 0 Å². The van der Waals surface area contributed by atoms with E-state index in [-0.39, 0.29) is 11.2 Å². The monoisotopic (exact) mass is 285 g/mol. The average molecular weight is 285 g/mol. The Balaban J connectivity index is 1.84. The summed E-state index contributed by atoms with van der Waals surface area (Å²) >= 11 is 1.50. The topological polar surface area (TPSA) is 54.4 Å². The number of carbonyl (C=O) groups is 1. The van der Waals surface area contributed by atoms with Crippen molar-refractivity contribution in [2.75, 3.05) is 0 Å². The van der Waals surface area contributed by atoms with E-state index in [2.05, 4.69) is 15.5 Å². The summed E-state index contributed by atoms with van der Waals surface area (Å²) in [6.07, 6.45) is 4.95. The molecule has 2 aromatic rings. The molecule has 1 aromatic heterocycles. The smallest absolute Gasteiger partial charge is 0.253 e. The largest absolute Gasteiger partial charge is 0.272 e. The van der Waals surface area contributed by atoms with E-state index in [1.54, 1.807) is 18.6 Å². The highest BCUT2D eigenvalue weighted by molar-refractivity contribution is 8.00. The number of hydrogen-bond acceptors (Lipinski definition) is 4. The van der Waals surface area contributed by atoms with Crippen LogP contribution in [0.5, 0.6) is 0 Å². The van der Waals surface area contributed by atoms with Crippen LogP contribution < -0.4 is 5.43 Å². The molecule has 0 saturated heterocycles. The maximum Gasteiger partial charge on any atom is 0.253 e. The predicted octanol–water partition coefficient (Wildman–Crippen LogP) is 2.71. The minimum atomic E-state index is -0.202. The highest BCUT2D eigenvalue weighted by Gasteiger charge is 2.13. The molecule has 0 aliphatic carbocycles. The SMILES string of the molecule is C[C@H](Sc1ccccc1)C(=O)N/N=C\c1ccncc1. The molecule has 0 bridgehead atoms. The quantitative estimate of drug-likeness (QED) is 0.522. The Hall–Kier alpha value is -2.14. The molecule has 1 aromatic carbocycles. The first kappa shape index (κ1) is 14.3. The highest BCUT2D eigenvalue weighted by Crippen LogP contribution is 2.22. The fourth-order valence-electron chi connectivity index (χ4n) is 1.47. The zero-order valence-corrected chi connectivity index (χ0v) is 11.9. The van der Waals surface area contributed by atoms with Gasteiger partial charge in [0.1, 0.15) is 0 Å². The maximum atomic E-state index is 11.9. The number of thioether (sulfide) groups is 1. The Labute approximate surface area is 122 Å². The van der Waals surface area contributed by atoms with Gasteiger partial charge in [-0.2, -0.15) is 5.10 Å². The van der Waals surface area contributed by atoms with Crippen LogP contribution in [0.25, 0.3) is 0 Å². The normalized spacial score (nSPS) is 12.2. The van der Waals surface area contributed by atoms with E-state index in [0.29, 0.717) is 0 Å². The van der Waals surface area contributed by atoms with Crippen molar-refractivity contribution in [2.24, 2.45) is 5.10 Å². The number of hydrazone groups is 1. The molecule has 2 rings (SSSR count). The van der Waals surface area contributed by atoms with Gasteiger partial charge in [-0.05, 0) is 36.8 Å². The lowest BCUT2D eigenvalue weighted by atomic mass is 10.3. The molecule has 102 valence electrons. The molecule has 4 nitrogen and oxygen atoms in total. The lowest BCUT2D eigenvalue weighted by Crippen LogP contribution is -2.26. The van der Waals surface area contributed by atoms with Gasteiger partial charge in [-0.25, -0.2) is 5.43 Å². The molecule has 0 fully saturated rings. The molecule has 0 spiro atoms. The Bertz CT molecular complexity index is 572. The van der Waals surface area contributed by atoms with Crippen molar-refractivity contribution in [3.63, 3.8) is 0 Å². The lowest BCUT2D eigenvalue weighted by molar-refractivity contribution is -0.120. The van der Waals surface area contributed by atoms with E-state index in [4.69, 9.17) is 0 Å². The third-order valence-corrected chi connectivity index (χ3v) is 3.63. The van der Waals surface area contributed by atoms with Crippen molar-refractivity contribution in [3.05, 3.63) is 60.4 Å². The van der Waals surface area contributed by atoms with Gasteiger partial charge in [-0.1, -0.05) is 18.2 Å². The molecule has 1 N–H and O–H groups in total. The number of aromatic nitrogens is 1.